The van der Waals surface area contributed by atoms with Gasteiger partial charge in [0.25, 0.3) is 0 Å². The Bertz CT molecular complexity index is 255. The number of hydrogen-bond acceptors (Lipinski definition) is 3. The Balaban J connectivity index is 3.07. The minimum absolute atomic E-state index is 0.480. The van der Waals surface area contributed by atoms with Crippen LogP contribution < -0.4 is 5.73 Å². The summed E-state index contributed by atoms with van der Waals surface area (Å²) in [4.78, 5) is 7.70. The highest BCUT2D eigenvalue weighted by atomic mass is 14.9. The number of aromatic nitrogens is 2. The quantitative estimate of drug-likeness (QED) is 0.627. The maximum absolute atomic E-state index is 5.40. The van der Waals surface area contributed by atoms with Crippen molar-refractivity contribution in [1.82, 2.24) is 9.97 Å². The van der Waals surface area contributed by atoms with Gasteiger partial charge < -0.3 is 5.73 Å². The lowest BCUT2D eigenvalue weighted by Crippen LogP contribution is -1.93. The number of rotatable bonds is 1. The highest BCUT2D eigenvalue weighted by Gasteiger charge is 1.93. The van der Waals surface area contributed by atoms with E-state index in [9.17, 15) is 0 Å². The fourth-order valence-electron chi connectivity index (χ4n) is 0.606. The Labute approximate surface area is 59.6 Å². The lowest BCUT2D eigenvalue weighted by atomic mass is 10.2. The average Bonchev–Trinajstić information content (AvgIpc) is 1.88. The van der Waals surface area contributed by atoms with Gasteiger partial charge in [-0.05, 0) is 12.5 Å². The maximum atomic E-state index is 5.40. The number of hydrogen-bond donors (Lipinski definition) is 1. The first-order valence-corrected chi connectivity index (χ1v) is 2.93. The Hall–Kier alpha value is -1.38. The molecular formula is C7H9N3. The summed E-state index contributed by atoms with van der Waals surface area (Å²) in [5.41, 5.74) is 7.10. The Morgan fingerprint density at radius 2 is 2.30 bits per heavy atom. The fourth-order valence-corrected chi connectivity index (χ4v) is 0.606. The molecule has 2 N–H and O–H groups in total. The SMILES string of the molecule is C=C(C)c1cc(N)ncn1. The van der Waals surface area contributed by atoms with Gasteiger partial charge in [0, 0.05) is 6.07 Å². The second-order valence-corrected chi connectivity index (χ2v) is 2.11. The molecule has 0 aliphatic rings. The van der Waals surface area contributed by atoms with Crippen LogP contribution in [0.4, 0.5) is 5.82 Å². The monoisotopic (exact) mass is 135 g/mol. The third-order valence-corrected chi connectivity index (χ3v) is 1.13. The molecule has 0 saturated heterocycles. The molecule has 0 amide bonds. The van der Waals surface area contributed by atoms with Crippen molar-refractivity contribution >= 4 is 11.4 Å². The van der Waals surface area contributed by atoms with Crippen molar-refractivity contribution < 1.29 is 0 Å². The number of allylic oxidation sites excluding steroid dienone is 1. The topological polar surface area (TPSA) is 51.8 Å². The van der Waals surface area contributed by atoms with Crippen LogP contribution in [0, 0.1) is 0 Å². The van der Waals surface area contributed by atoms with Crippen LogP contribution in [0.5, 0.6) is 0 Å². The summed E-state index contributed by atoms with van der Waals surface area (Å²) in [6, 6.07) is 1.70. The highest BCUT2D eigenvalue weighted by molar-refractivity contribution is 5.59. The average molecular weight is 135 g/mol. The minimum Gasteiger partial charge on any atom is -0.384 e. The van der Waals surface area contributed by atoms with E-state index in [1.165, 1.54) is 6.33 Å². The first-order chi connectivity index (χ1) is 4.70. The van der Waals surface area contributed by atoms with Crippen molar-refractivity contribution in [3.8, 4) is 0 Å². The van der Waals surface area contributed by atoms with E-state index < -0.39 is 0 Å². The van der Waals surface area contributed by atoms with E-state index >= 15 is 0 Å². The second kappa shape index (κ2) is 2.47. The van der Waals surface area contributed by atoms with Crippen molar-refractivity contribution in [2.45, 2.75) is 6.92 Å². The zero-order valence-corrected chi connectivity index (χ0v) is 5.83. The smallest absolute Gasteiger partial charge is 0.127 e. The minimum atomic E-state index is 0.480. The molecule has 0 aliphatic heterocycles. The number of nitrogens with two attached hydrogens (primary N) is 1. The lowest BCUT2D eigenvalue weighted by Gasteiger charge is -1.96. The summed E-state index contributed by atoms with van der Waals surface area (Å²) in [5, 5.41) is 0. The van der Waals surface area contributed by atoms with Gasteiger partial charge >= 0.3 is 0 Å². The van der Waals surface area contributed by atoms with E-state index in [-0.39, 0.29) is 0 Å². The summed E-state index contributed by atoms with van der Waals surface area (Å²) in [6.45, 7) is 5.60. The first kappa shape index (κ1) is 6.74. The lowest BCUT2D eigenvalue weighted by molar-refractivity contribution is 1.15. The van der Waals surface area contributed by atoms with E-state index in [2.05, 4.69) is 16.5 Å². The summed E-state index contributed by atoms with van der Waals surface area (Å²) in [5.74, 6) is 0.480. The van der Waals surface area contributed by atoms with Crippen LogP contribution in [-0.2, 0) is 0 Å². The molecule has 3 nitrogen and oxygen atoms in total. The van der Waals surface area contributed by atoms with Crippen LogP contribution in [0.1, 0.15) is 12.6 Å². The maximum Gasteiger partial charge on any atom is 0.127 e. The molecule has 1 aromatic heterocycles. The van der Waals surface area contributed by atoms with E-state index in [1.807, 2.05) is 6.92 Å². The molecule has 0 aliphatic carbocycles. The molecule has 1 heterocycles. The molecule has 0 bridgehead atoms. The summed E-state index contributed by atoms with van der Waals surface area (Å²) in [7, 11) is 0. The van der Waals surface area contributed by atoms with Crippen molar-refractivity contribution in [3.05, 3.63) is 24.7 Å². The Kier molecular flexibility index (Phi) is 1.67. The molecule has 0 fully saturated rings. The van der Waals surface area contributed by atoms with Crippen LogP contribution in [-0.4, -0.2) is 9.97 Å². The van der Waals surface area contributed by atoms with E-state index in [1.54, 1.807) is 6.07 Å². The zero-order valence-electron chi connectivity index (χ0n) is 5.83. The molecule has 0 aromatic carbocycles. The van der Waals surface area contributed by atoms with E-state index in [0.717, 1.165) is 11.3 Å². The molecule has 0 unspecified atom stereocenters. The predicted molar refractivity (Wildman–Crippen MR) is 41.2 cm³/mol. The summed E-state index contributed by atoms with van der Waals surface area (Å²) < 4.78 is 0. The van der Waals surface area contributed by atoms with Crippen molar-refractivity contribution in [2.24, 2.45) is 0 Å². The van der Waals surface area contributed by atoms with Crippen LogP contribution >= 0.6 is 0 Å². The number of anilines is 1. The molecule has 1 aromatic rings. The molecule has 0 atom stereocenters. The van der Waals surface area contributed by atoms with Gasteiger partial charge in [-0.25, -0.2) is 9.97 Å². The van der Waals surface area contributed by atoms with Gasteiger partial charge in [-0.2, -0.15) is 0 Å². The third kappa shape index (κ3) is 1.31. The van der Waals surface area contributed by atoms with Gasteiger partial charge in [0.05, 0.1) is 5.69 Å². The second-order valence-electron chi connectivity index (χ2n) is 2.11. The molecule has 10 heavy (non-hydrogen) atoms. The zero-order chi connectivity index (χ0) is 7.56. The van der Waals surface area contributed by atoms with Gasteiger partial charge in [0.1, 0.15) is 12.1 Å². The fraction of sp³-hybridized carbons (Fsp3) is 0.143. The molecule has 0 spiro atoms. The molecule has 3 heteroatoms. The molecule has 0 radical (unpaired) electrons. The van der Waals surface area contributed by atoms with Gasteiger partial charge in [-0.15, -0.1) is 0 Å². The first-order valence-electron chi connectivity index (χ1n) is 2.93. The molecule has 1 rings (SSSR count). The van der Waals surface area contributed by atoms with Crippen LogP contribution in [0.15, 0.2) is 19.0 Å². The summed E-state index contributed by atoms with van der Waals surface area (Å²) in [6.07, 6.45) is 1.43. The van der Waals surface area contributed by atoms with Crippen molar-refractivity contribution in [3.63, 3.8) is 0 Å². The highest BCUT2D eigenvalue weighted by Crippen LogP contribution is 2.08. The van der Waals surface area contributed by atoms with Crippen molar-refractivity contribution in [1.29, 1.82) is 0 Å². The molecule has 52 valence electrons. The van der Waals surface area contributed by atoms with Gasteiger partial charge in [0.2, 0.25) is 0 Å². The van der Waals surface area contributed by atoms with Gasteiger partial charge in [0.15, 0.2) is 0 Å². The van der Waals surface area contributed by atoms with E-state index in [0.29, 0.717) is 5.82 Å². The van der Waals surface area contributed by atoms with Gasteiger partial charge in [-0.3, -0.25) is 0 Å². The van der Waals surface area contributed by atoms with Crippen molar-refractivity contribution in [2.75, 3.05) is 5.73 Å². The van der Waals surface area contributed by atoms with Gasteiger partial charge in [-0.1, -0.05) is 6.58 Å². The predicted octanol–water partition coefficient (Wildman–Crippen LogP) is 1.09. The largest absolute Gasteiger partial charge is 0.384 e. The van der Waals surface area contributed by atoms with E-state index in [4.69, 9.17) is 5.73 Å². The Morgan fingerprint density at radius 3 is 2.70 bits per heavy atom. The van der Waals surface area contributed by atoms with Crippen LogP contribution in [0.2, 0.25) is 0 Å². The normalized spacial score (nSPS) is 9.30. The summed E-state index contributed by atoms with van der Waals surface area (Å²) >= 11 is 0. The molecule has 0 saturated carbocycles. The number of nitrogens with zero attached hydrogens (tertiary/aromatic N) is 2. The van der Waals surface area contributed by atoms with Crippen LogP contribution in [0.25, 0.3) is 5.57 Å². The third-order valence-electron chi connectivity index (χ3n) is 1.13. The standard InChI is InChI=1S/C7H9N3/c1-5(2)6-3-7(8)10-4-9-6/h3-4H,1H2,2H3,(H2,8,9,10). The van der Waals surface area contributed by atoms with Crippen LogP contribution in [0.3, 0.4) is 0 Å². The number of nitrogen functional groups attached to an aromatic ring is 1. The Morgan fingerprint density at radius 1 is 1.60 bits per heavy atom. The molecular weight excluding hydrogens is 126 g/mol.